The Bertz CT molecular complexity index is 531. The molecule has 0 saturated carbocycles. The van der Waals surface area contributed by atoms with Crippen molar-refractivity contribution in [2.45, 2.75) is 19.4 Å². The fourth-order valence-electron chi connectivity index (χ4n) is 1.44. The van der Waals surface area contributed by atoms with Gasteiger partial charge in [-0.05, 0) is 24.6 Å². The first-order valence-corrected chi connectivity index (χ1v) is 5.23. The molecule has 0 radical (unpaired) electrons. The van der Waals surface area contributed by atoms with Gasteiger partial charge in [0, 0.05) is 0 Å². The number of benzene rings is 1. The lowest BCUT2D eigenvalue weighted by atomic mass is 10.1. The van der Waals surface area contributed by atoms with Crippen molar-refractivity contribution in [1.82, 2.24) is 10.2 Å². The van der Waals surface area contributed by atoms with Crippen LogP contribution in [-0.4, -0.2) is 15.3 Å². The van der Waals surface area contributed by atoms with E-state index in [4.69, 9.17) is 4.42 Å². The van der Waals surface area contributed by atoms with Crippen LogP contribution < -0.4 is 5.32 Å². The van der Waals surface area contributed by atoms with Crippen molar-refractivity contribution in [3.8, 4) is 5.75 Å². The monoisotopic (exact) mass is 255 g/mol. The average Bonchev–Trinajstić information content (AvgIpc) is 2.77. The average molecular weight is 255 g/mol. The van der Waals surface area contributed by atoms with Crippen molar-refractivity contribution in [1.29, 1.82) is 0 Å². The van der Waals surface area contributed by atoms with Crippen LogP contribution in [0.25, 0.3) is 0 Å². The summed E-state index contributed by atoms with van der Waals surface area (Å²) in [6.45, 7) is 1.78. The highest BCUT2D eigenvalue weighted by atomic mass is 19.3. The number of nitrogens with one attached hydrogen (secondary N) is 1. The molecule has 0 fully saturated rings. The molecule has 18 heavy (non-hydrogen) atoms. The predicted octanol–water partition coefficient (Wildman–Crippen LogP) is 2.89. The number of aromatic nitrogens is 2. The topological polar surface area (TPSA) is 71.2 Å². The number of phenolic OH excluding ortho intramolecular Hbond substituents is 1. The molecule has 0 amide bonds. The molecule has 1 atom stereocenters. The van der Waals surface area contributed by atoms with Crippen LogP contribution in [0.2, 0.25) is 0 Å². The molecule has 7 heteroatoms. The maximum Gasteiger partial charge on any atom is 0.316 e. The fraction of sp³-hybridized carbons (Fsp3) is 0.273. The molecule has 2 rings (SSSR count). The molecule has 5 nitrogen and oxygen atoms in total. The Labute approximate surface area is 101 Å². The molecule has 0 aliphatic heterocycles. The summed E-state index contributed by atoms with van der Waals surface area (Å²) in [6.07, 6.45) is -2.79. The van der Waals surface area contributed by atoms with E-state index in [2.05, 4.69) is 15.5 Å². The minimum atomic E-state index is -2.79. The van der Waals surface area contributed by atoms with E-state index in [0.29, 0.717) is 0 Å². The molecule has 2 aromatic rings. The van der Waals surface area contributed by atoms with Gasteiger partial charge in [-0.25, -0.2) is 0 Å². The van der Waals surface area contributed by atoms with Crippen LogP contribution in [0.15, 0.2) is 28.7 Å². The van der Waals surface area contributed by atoms with Gasteiger partial charge >= 0.3 is 12.4 Å². The molecule has 2 N–H and O–H groups in total. The number of anilines is 1. The van der Waals surface area contributed by atoms with Gasteiger partial charge in [0.1, 0.15) is 5.75 Å². The van der Waals surface area contributed by atoms with Gasteiger partial charge in [-0.1, -0.05) is 17.2 Å². The van der Waals surface area contributed by atoms with Crippen LogP contribution in [0.3, 0.4) is 0 Å². The van der Waals surface area contributed by atoms with Crippen LogP contribution in [0, 0.1) is 0 Å². The van der Waals surface area contributed by atoms with Crippen molar-refractivity contribution in [3.05, 3.63) is 35.7 Å². The van der Waals surface area contributed by atoms with Gasteiger partial charge in [-0.2, -0.15) is 8.78 Å². The standard InChI is InChI=1S/C11H11F2N3O2/c1-6(7-3-2-4-8(17)5-7)14-11-16-15-10(18-11)9(12)13/h2-6,9,17H,1H3,(H,14,16)/t6-/m1/s1. The number of phenols is 1. The van der Waals surface area contributed by atoms with Gasteiger partial charge in [0.05, 0.1) is 6.04 Å². The summed E-state index contributed by atoms with van der Waals surface area (Å²) in [6, 6.07) is 6.22. The lowest BCUT2D eigenvalue weighted by Gasteiger charge is -2.12. The number of hydrogen-bond acceptors (Lipinski definition) is 5. The van der Waals surface area contributed by atoms with E-state index >= 15 is 0 Å². The van der Waals surface area contributed by atoms with Crippen molar-refractivity contribution < 1.29 is 18.3 Å². The van der Waals surface area contributed by atoms with Crippen molar-refractivity contribution in [2.24, 2.45) is 0 Å². The first-order valence-electron chi connectivity index (χ1n) is 5.23. The van der Waals surface area contributed by atoms with Gasteiger partial charge in [0.2, 0.25) is 0 Å². The summed E-state index contributed by atoms with van der Waals surface area (Å²) < 4.78 is 29.2. The van der Waals surface area contributed by atoms with E-state index in [9.17, 15) is 13.9 Å². The zero-order valence-corrected chi connectivity index (χ0v) is 9.47. The third-order valence-electron chi connectivity index (χ3n) is 2.34. The number of alkyl halides is 2. The number of rotatable bonds is 4. The highest BCUT2D eigenvalue weighted by molar-refractivity contribution is 5.33. The summed E-state index contributed by atoms with van der Waals surface area (Å²) in [4.78, 5) is 0. The summed E-state index contributed by atoms with van der Waals surface area (Å²) >= 11 is 0. The van der Waals surface area contributed by atoms with E-state index in [1.54, 1.807) is 25.1 Å². The Morgan fingerprint density at radius 1 is 1.33 bits per heavy atom. The molecule has 0 aliphatic rings. The smallest absolute Gasteiger partial charge is 0.316 e. The normalized spacial score (nSPS) is 12.7. The van der Waals surface area contributed by atoms with E-state index in [1.807, 2.05) is 0 Å². The van der Waals surface area contributed by atoms with Crippen LogP contribution >= 0.6 is 0 Å². The Kier molecular flexibility index (Phi) is 3.40. The molecule has 0 spiro atoms. The molecule has 0 unspecified atom stereocenters. The van der Waals surface area contributed by atoms with Gasteiger partial charge < -0.3 is 14.8 Å². The second kappa shape index (κ2) is 4.99. The maximum atomic E-state index is 12.2. The molecule has 0 bridgehead atoms. The Morgan fingerprint density at radius 2 is 2.11 bits per heavy atom. The third-order valence-corrected chi connectivity index (χ3v) is 2.34. The summed E-state index contributed by atoms with van der Waals surface area (Å²) in [5.74, 6) is -0.597. The second-order valence-corrected chi connectivity index (χ2v) is 3.71. The molecule has 1 aromatic carbocycles. The van der Waals surface area contributed by atoms with E-state index in [-0.39, 0.29) is 17.8 Å². The summed E-state index contributed by atoms with van der Waals surface area (Å²) in [5.41, 5.74) is 0.770. The van der Waals surface area contributed by atoms with Gasteiger partial charge in [0.15, 0.2) is 0 Å². The highest BCUT2D eigenvalue weighted by Crippen LogP contribution is 2.23. The van der Waals surface area contributed by atoms with Gasteiger partial charge in [-0.15, -0.1) is 5.10 Å². The largest absolute Gasteiger partial charge is 0.508 e. The number of hydrogen-bond donors (Lipinski definition) is 2. The third kappa shape index (κ3) is 2.73. The first kappa shape index (κ1) is 12.3. The second-order valence-electron chi connectivity index (χ2n) is 3.71. The SMILES string of the molecule is C[C@@H](Nc1nnc(C(F)F)o1)c1cccc(O)c1. The molecule has 0 aliphatic carbocycles. The van der Waals surface area contributed by atoms with Crippen molar-refractivity contribution >= 4 is 6.01 Å². The molecule has 96 valence electrons. The molecule has 0 saturated heterocycles. The lowest BCUT2D eigenvalue weighted by Crippen LogP contribution is -2.06. The molecular weight excluding hydrogens is 244 g/mol. The molecule has 1 aromatic heterocycles. The van der Waals surface area contributed by atoms with Gasteiger partial charge in [-0.3, -0.25) is 0 Å². The predicted molar refractivity (Wildman–Crippen MR) is 59.4 cm³/mol. The van der Waals surface area contributed by atoms with Crippen LogP contribution in [-0.2, 0) is 0 Å². The van der Waals surface area contributed by atoms with E-state index in [1.165, 1.54) is 6.07 Å². The number of halogens is 2. The minimum absolute atomic E-state index is 0.0823. The zero-order valence-electron chi connectivity index (χ0n) is 9.47. The summed E-state index contributed by atoms with van der Waals surface area (Å²) in [5, 5.41) is 18.8. The quantitative estimate of drug-likeness (QED) is 0.878. The van der Waals surface area contributed by atoms with E-state index in [0.717, 1.165) is 5.56 Å². The minimum Gasteiger partial charge on any atom is -0.508 e. The Morgan fingerprint density at radius 3 is 2.72 bits per heavy atom. The zero-order chi connectivity index (χ0) is 13.1. The molecule has 1 heterocycles. The highest BCUT2D eigenvalue weighted by Gasteiger charge is 2.17. The van der Waals surface area contributed by atoms with Crippen LogP contribution in [0.1, 0.15) is 30.8 Å². The molecular formula is C11H11F2N3O2. The number of nitrogens with zero attached hydrogens (tertiary/aromatic N) is 2. The van der Waals surface area contributed by atoms with E-state index < -0.39 is 12.3 Å². The first-order chi connectivity index (χ1) is 8.56. The summed E-state index contributed by atoms with van der Waals surface area (Å²) in [7, 11) is 0. The van der Waals surface area contributed by atoms with Crippen LogP contribution in [0.4, 0.5) is 14.8 Å². The Balaban J connectivity index is 2.08. The fourth-order valence-corrected chi connectivity index (χ4v) is 1.44. The maximum absolute atomic E-state index is 12.2. The van der Waals surface area contributed by atoms with Crippen molar-refractivity contribution in [2.75, 3.05) is 5.32 Å². The van der Waals surface area contributed by atoms with Gasteiger partial charge in [0.25, 0.3) is 5.89 Å². The lowest BCUT2D eigenvalue weighted by molar-refractivity contribution is 0.116. The number of aromatic hydroxyl groups is 1. The van der Waals surface area contributed by atoms with Crippen molar-refractivity contribution in [3.63, 3.8) is 0 Å². The Hall–Kier alpha value is -2.18. The van der Waals surface area contributed by atoms with Crippen LogP contribution in [0.5, 0.6) is 5.75 Å².